The molecule has 16 heavy (non-hydrogen) atoms. The average Bonchev–Trinajstić information content (AvgIpc) is 2.26. The number of carbonyl (C=O) groups is 2. The third-order valence-electron chi connectivity index (χ3n) is 2.08. The second kappa shape index (κ2) is 4.06. The molecule has 0 atom stereocenters. The van der Waals surface area contributed by atoms with E-state index in [0.717, 1.165) is 5.56 Å². The lowest BCUT2D eigenvalue weighted by Crippen LogP contribution is -2.25. The first-order valence-electron chi connectivity index (χ1n) is 4.69. The molecule has 2 amide bonds. The van der Waals surface area contributed by atoms with Gasteiger partial charge < -0.3 is 15.8 Å². The van der Waals surface area contributed by atoms with Crippen LogP contribution in [0.3, 0.4) is 0 Å². The van der Waals surface area contributed by atoms with E-state index in [1.165, 1.54) is 6.08 Å². The van der Waals surface area contributed by atoms with Crippen LogP contribution in [0.5, 0.6) is 5.75 Å². The molecule has 1 aromatic carbocycles. The zero-order chi connectivity index (χ0) is 11.5. The van der Waals surface area contributed by atoms with Gasteiger partial charge in [-0.25, -0.2) is 0 Å². The highest BCUT2D eigenvalue weighted by Crippen LogP contribution is 2.28. The van der Waals surface area contributed by atoms with E-state index in [1.807, 2.05) is 0 Å². The van der Waals surface area contributed by atoms with Gasteiger partial charge in [-0.05, 0) is 23.8 Å². The van der Waals surface area contributed by atoms with Crippen molar-refractivity contribution >= 4 is 23.6 Å². The Bertz CT molecular complexity index is 480. The van der Waals surface area contributed by atoms with Crippen LogP contribution < -0.4 is 15.8 Å². The van der Waals surface area contributed by atoms with Crippen LogP contribution in [-0.4, -0.2) is 18.4 Å². The van der Waals surface area contributed by atoms with E-state index in [2.05, 4.69) is 5.32 Å². The summed E-state index contributed by atoms with van der Waals surface area (Å²) >= 11 is 0. The highest BCUT2D eigenvalue weighted by atomic mass is 16.5. The number of anilines is 1. The van der Waals surface area contributed by atoms with Gasteiger partial charge in [0.25, 0.3) is 5.91 Å². The van der Waals surface area contributed by atoms with Crippen LogP contribution in [0.4, 0.5) is 5.69 Å². The first-order valence-corrected chi connectivity index (χ1v) is 4.69. The molecule has 1 aliphatic heterocycles. The lowest BCUT2D eigenvalue weighted by atomic mass is 10.1. The number of amides is 2. The maximum absolute atomic E-state index is 11.0. The van der Waals surface area contributed by atoms with Crippen molar-refractivity contribution in [1.82, 2.24) is 0 Å². The van der Waals surface area contributed by atoms with Gasteiger partial charge in [-0.2, -0.15) is 0 Å². The Morgan fingerprint density at radius 3 is 3.06 bits per heavy atom. The SMILES string of the molecule is NC(=O)C=Cc1ccc2c(c1)OCC(=O)N2. The number of primary amides is 1. The summed E-state index contributed by atoms with van der Waals surface area (Å²) < 4.78 is 5.22. The van der Waals surface area contributed by atoms with Crippen LogP contribution in [0.1, 0.15) is 5.56 Å². The van der Waals surface area contributed by atoms with Crippen LogP contribution in [0.25, 0.3) is 6.08 Å². The second-order valence-electron chi connectivity index (χ2n) is 3.33. The summed E-state index contributed by atoms with van der Waals surface area (Å²) in [5.74, 6) is -0.0916. The van der Waals surface area contributed by atoms with Crippen LogP contribution in [0.2, 0.25) is 0 Å². The quantitative estimate of drug-likeness (QED) is 0.710. The highest BCUT2D eigenvalue weighted by molar-refractivity contribution is 5.96. The van der Waals surface area contributed by atoms with Crippen molar-refractivity contribution < 1.29 is 14.3 Å². The standard InChI is InChI=1S/C11H10N2O3/c12-10(14)4-2-7-1-3-8-9(5-7)16-6-11(15)13-8/h1-5H,6H2,(H2,12,14)(H,13,15). The van der Waals surface area contributed by atoms with Crippen molar-refractivity contribution in [1.29, 1.82) is 0 Å². The third-order valence-corrected chi connectivity index (χ3v) is 2.08. The van der Waals surface area contributed by atoms with E-state index in [0.29, 0.717) is 11.4 Å². The zero-order valence-electron chi connectivity index (χ0n) is 8.40. The van der Waals surface area contributed by atoms with Gasteiger partial charge in [-0.3, -0.25) is 9.59 Å². The molecule has 1 aliphatic rings. The molecule has 0 spiro atoms. The lowest BCUT2D eigenvalue weighted by molar-refractivity contribution is -0.118. The lowest BCUT2D eigenvalue weighted by Gasteiger charge is -2.17. The van der Waals surface area contributed by atoms with E-state index in [1.54, 1.807) is 24.3 Å². The van der Waals surface area contributed by atoms with Gasteiger partial charge in [0.2, 0.25) is 5.91 Å². The molecular weight excluding hydrogens is 208 g/mol. The number of fused-ring (bicyclic) bond motifs is 1. The fourth-order valence-corrected chi connectivity index (χ4v) is 1.37. The van der Waals surface area contributed by atoms with E-state index in [-0.39, 0.29) is 12.5 Å². The molecule has 0 saturated heterocycles. The minimum atomic E-state index is -0.507. The molecule has 0 aromatic heterocycles. The second-order valence-corrected chi connectivity index (χ2v) is 3.33. The van der Waals surface area contributed by atoms with Crippen LogP contribution in [0, 0.1) is 0 Å². The zero-order valence-corrected chi connectivity index (χ0v) is 8.40. The molecule has 82 valence electrons. The van der Waals surface area contributed by atoms with Crippen molar-refractivity contribution in [3.8, 4) is 5.75 Å². The first kappa shape index (κ1) is 10.2. The Morgan fingerprint density at radius 1 is 1.50 bits per heavy atom. The molecule has 2 rings (SSSR count). The Hall–Kier alpha value is -2.30. The van der Waals surface area contributed by atoms with Gasteiger partial charge in [-0.1, -0.05) is 6.07 Å². The van der Waals surface area contributed by atoms with E-state index >= 15 is 0 Å². The number of nitrogens with one attached hydrogen (secondary N) is 1. The maximum atomic E-state index is 11.0. The van der Waals surface area contributed by atoms with E-state index in [4.69, 9.17) is 10.5 Å². The largest absolute Gasteiger partial charge is 0.482 e. The molecule has 3 N–H and O–H groups in total. The Morgan fingerprint density at radius 2 is 2.31 bits per heavy atom. The monoisotopic (exact) mass is 218 g/mol. The number of benzene rings is 1. The summed E-state index contributed by atoms with van der Waals surface area (Å²) in [6.45, 7) is 0.00991. The molecule has 1 heterocycles. The van der Waals surface area contributed by atoms with Crippen molar-refractivity contribution in [3.63, 3.8) is 0 Å². The van der Waals surface area contributed by atoms with E-state index in [9.17, 15) is 9.59 Å². The highest BCUT2D eigenvalue weighted by Gasteiger charge is 2.15. The smallest absolute Gasteiger partial charge is 0.262 e. The maximum Gasteiger partial charge on any atom is 0.262 e. The van der Waals surface area contributed by atoms with Crippen LogP contribution in [0.15, 0.2) is 24.3 Å². The van der Waals surface area contributed by atoms with Gasteiger partial charge in [0.15, 0.2) is 6.61 Å². The number of hydrogen-bond donors (Lipinski definition) is 2. The Kier molecular flexibility index (Phi) is 2.59. The van der Waals surface area contributed by atoms with E-state index < -0.39 is 5.91 Å². The number of nitrogens with two attached hydrogens (primary N) is 1. The van der Waals surface area contributed by atoms with Gasteiger partial charge in [0, 0.05) is 6.08 Å². The summed E-state index contributed by atoms with van der Waals surface area (Å²) in [4.78, 5) is 21.6. The summed E-state index contributed by atoms with van der Waals surface area (Å²) in [7, 11) is 0. The normalized spacial score (nSPS) is 14.1. The number of rotatable bonds is 2. The number of hydrogen-bond acceptors (Lipinski definition) is 3. The Balaban J connectivity index is 2.26. The summed E-state index contributed by atoms with van der Waals surface area (Å²) in [6, 6.07) is 5.20. The molecule has 5 nitrogen and oxygen atoms in total. The summed E-state index contributed by atoms with van der Waals surface area (Å²) in [6.07, 6.45) is 2.85. The molecule has 0 radical (unpaired) electrons. The molecule has 0 aliphatic carbocycles. The van der Waals surface area contributed by atoms with Crippen LogP contribution in [-0.2, 0) is 9.59 Å². The fraction of sp³-hybridized carbons (Fsp3) is 0.0909. The van der Waals surface area contributed by atoms with Gasteiger partial charge >= 0.3 is 0 Å². The molecule has 1 aromatic rings. The van der Waals surface area contributed by atoms with Crippen molar-refractivity contribution in [2.45, 2.75) is 0 Å². The summed E-state index contributed by atoms with van der Waals surface area (Å²) in [5.41, 5.74) is 6.40. The van der Waals surface area contributed by atoms with Gasteiger partial charge in [-0.15, -0.1) is 0 Å². The minimum Gasteiger partial charge on any atom is -0.482 e. The first-order chi connectivity index (χ1) is 7.65. The topological polar surface area (TPSA) is 81.4 Å². The van der Waals surface area contributed by atoms with Crippen LogP contribution >= 0.6 is 0 Å². The fourth-order valence-electron chi connectivity index (χ4n) is 1.37. The van der Waals surface area contributed by atoms with Gasteiger partial charge in [0.1, 0.15) is 5.75 Å². The molecule has 0 unspecified atom stereocenters. The molecule has 0 saturated carbocycles. The predicted molar refractivity (Wildman–Crippen MR) is 58.8 cm³/mol. The molecule has 0 fully saturated rings. The predicted octanol–water partition coefficient (Wildman–Crippen LogP) is 0.516. The van der Waals surface area contributed by atoms with Crippen molar-refractivity contribution in [2.75, 3.05) is 11.9 Å². The minimum absolute atomic E-state index is 0.00991. The summed E-state index contributed by atoms with van der Waals surface area (Å²) in [5, 5.41) is 2.67. The molecular formula is C11H10N2O3. The van der Waals surface area contributed by atoms with Crippen molar-refractivity contribution in [2.24, 2.45) is 5.73 Å². The molecule has 5 heteroatoms. The number of ether oxygens (including phenoxy) is 1. The average molecular weight is 218 g/mol. The van der Waals surface area contributed by atoms with Crippen molar-refractivity contribution in [3.05, 3.63) is 29.8 Å². The molecule has 0 bridgehead atoms. The Labute approximate surface area is 91.9 Å². The van der Waals surface area contributed by atoms with Gasteiger partial charge in [0.05, 0.1) is 5.69 Å². The number of carbonyl (C=O) groups excluding carboxylic acids is 2. The third kappa shape index (κ3) is 2.20.